The first-order chi connectivity index (χ1) is 16.4. The van der Waals surface area contributed by atoms with E-state index in [1.807, 2.05) is 6.07 Å². The van der Waals surface area contributed by atoms with E-state index in [0.29, 0.717) is 6.54 Å². The van der Waals surface area contributed by atoms with Gasteiger partial charge < -0.3 is 25.6 Å². The number of nitrogens with one attached hydrogen (secondary N) is 3. The highest BCUT2D eigenvalue weighted by Crippen LogP contribution is 2.50. The Morgan fingerprint density at radius 2 is 1.97 bits per heavy atom. The van der Waals surface area contributed by atoms with Crippen LogP contribution in [0.25, 0.3) is 0 Å². The van der Waals surface area contributed by atoms with Crippen molar-refractivity contribution in [2.75, 3.05) is 46.4 Å². The van der Waals surface area contributed by atoms with Gasteiger partial charge in [0.1, 0.15) is 5.82 Å². The van der Waals surface area contributed by atoms with Crippen LogP contribution in [0.4, 0.5) is 9.18 Å². The Kier molecular flexibility index (Phi) is 8.09. The fraction of sp³-hybridized carbons (Fsp3) is 0.692. The molecule has 1 aromatic carbocycles. The standard InChI is InChI=1S/C26H39FN4O3/c1-18(32)29-17-26(21-5-3-6-22(27)13-21,23-7-4-8-24(23)30-25(33)34-2)20-9-11-31(12-10-20)16-19-14-28-15-19/h3,5-6,13,19-20,23-24,28H,4,7-12,14-17H2,1-2H3,(H,29,32)(H,30,33)/t23-,24-,26-/m0/s1. The molecule has 0 bridgehead atoms. The Bertz CT molecular complexity index is 856. The predicted molar refractivity (Wildman–Crippen MR) is 129 cm³/mol. The molecule has 2 aliphatic heterocycles. The Hall–Kier alpha value is -2.19. The van der Waals surface area contributed by atoms with E-state index in [1.165, 1.54) is 20.1 Å². The Labute approximate surface area is 202 Å². The molecule has 2 saturated heterocycles. The molecule has 0 unspecified atom stereocenters. The van der Waals surface area contributed by atoms with Crippen LogP contribution in [0.1, 0.15) is 44.6 Å². The number of carbonyl (C=O) groups excluding carboxylic acids is 2. The van der Waals surface area contributed by atoms with Crippen LogP contribution in [-0.4, -0.2) is 69.3 Å². The average molecular weight is 475 g/mol. The molecule has 188 valence electrons. The number of piperidine rings is 1. The minimum absolute atomic E-state index is 0.0765. The lowest BCUT2D eigenvalue weighted by Gasteiger charge is -2.51. The van der Waals surface area contributed by atoms with E-state index in [0.717, 1.165) is 76.3 Å². The Morgan fingerprint density at radius 1 is 1.21 bits per heavy atom. The topological polar surface area (TPSA) is 82.7 Å². The number of ether oxygens (including phenoxy) is 1. The van der Waals surface area contributed by atoms with Gasteiger partial charge >= 0.3 is 6.09 Å². The summed E-state index contributed by atoms with van der Waals surface area (Å²) in [5.41, 5.74) is 0.450. The molecule has 8 heteroatoms. The smallest absolute Gasteiger partial charge is 0.407 e. The van der Waals surface area contributed by atoms with E-state index in [9.17, 15) is 14.0 Å². The maximum Gasteiger partial charge on any atom is 0.407 e. The van der Waals surface area contributed by atoms with Crippen molar-refractivity contribution < 1.29 is 18.7 Å². The summed E-state index contributed by atoms with van der Waals surface area (Å²) < 4.78 is 19.5. The molecule has 0 spiro atoms. The molecule has 1 aromatic rings. The summed E-state index contributed by atoms with van der Waals surface area (Å²) in [5.74, 6) is 0.711. The van der Waals surface area contributed by atoms with Gasteiger partial charge in [-0.15, -0.1) is 0 Å². The van der Waals surface area contributed by atoms with Crippen LogP contribution in [0.5, 0.6) is 0 Å². The molecule has 2 amide bonds. The molecule has 3 N–H and O–H groups in total. The van der Waals surface area contributed by atoms with Crippen LogP contribution < -0.4 is 16.0 Å². The van der Waals surface area contributed by atoms with Crippen LogP contribution in [0.3, 0.4) is 0 Å². The van der Waals surface area contributed by atoms with E-state index in [1.54, 1.807) is 12.1 Å². The van der Waals surface area contributed by atoms with Gasteiger partial charge in [-0.25, -0.2) is 9.18 Å². The van der Waals surface area contributed by atoms with Crippen LogP contribution >= 0.6 is 0 Å². The number of hydrogen-bond donors (Lipinski definition) is 3. The van der Waals surface area contributed by atoms with Gasteiger partial charge in [-0.1, -0.05) is 18.6 Å². The second kappa shape index (κ2) is 11.0. The summed E-state index contributed by atoms with van der Waals surface area (Å²) in [4.78, 5) is 26.8. The number of nitrogens with zero attached hydrogens (tertiary/aromatic N) is 1. The number of rotatable bonds is 8. The van der Waals surface area contributed by atoms with Gasteiger partial charge in [0, 0.05) is 44.6 Å². The third kappa shape index (κ3) is 5.38. The zero-order valence-electron chi connectivity index (χ0n) is 20.4. The molecule has 3 aliphatic rings. The number of carbonyl (C=O) groups is 2. The molecule has 34 heavy (non-hydrogen) atoms. The average Bonchev–Trinajstić information content (AvgIpc) is 3.26. The molecule has 1 saturated carbocycles. The molecule has 4 rings (SSSR count). The Balaban J connectivity index is 1.67. The second-order valence-electron chi connectivity index (χ2n) is 10.3. The van der Waals surface area contributed by atoms with Crippen molar-refractivity contribution >= 4 is 12.0 Å². The number of amides is 2. The summed E-state index contributed by atoms with van der Waals surface area (Å²) in [6.45, 7) is 7.28. The van der Waals surface area contributed by atoms with E-state index in [-0.39, 0.29) is 29.6 Å². The highest BCUT2D eigenvalue weighted by atomic mass is 19.1. The highest BCUT2D eigenvalue weighted by molar-refractivity contribution is 5.73. The Morgan fingerprint density at radius 3 is 2.59 bits per heavy atom. The number of methoxy groups -OCH3 is 1. The molecular weight excluding hydrogens is 435 g/mol. The van der Waals surface area contributed by atoms with Crippen molar-refractivity contribution in [3.05, 3.63) is 35.6 Å². The lowest BCUT2D eigenvalue weighted by atomic mass is 9.58. The first kappa shape index (κ1) is 24.9. The number of benzene rings is 1. The molecule has 7 nitrogen and oxygen atoms in total. The third-order valence-electron chi connectivity index (χ3n) is 8.36. The zero-order valence-corrected chi connectivity index (χ0v) is 20.4. The molecule has 3 atom stereocenters. The van der Waals surface area contributed by atoms with Crippen LogP contribution in [0.15, 0.2) is 24.3 Å². The van der Waals surface area contributed by atoms with Crippen molar-refractivity contribution in [2.24, 2.45) is 17.8 Å². The third-order valence-corrected chi connectivity index (χ3v) is 8.36. The van der Waals surface area contributed by atoms with Gasteiger partial charge in [-0.2, -0.15) is 0 Å². The largest absolute Gasteiger partial charge is 0.453 e. The van der Waals surface area contributed by atoms with Gasteiger partial charge in [-0.05, 0) is 74.2 Å². The van der Waals surface area contributed by atoms with Gasteiger partial charge in [0.25, 0.3) is 0 Å². The maximum absolute atomic E-state index is 14.6. The maximum atomic E-state index is 14.6. The number of likely N-dealkylation sites (tertiary alicyclic amines) is 1. The molecule has 0 radical (unpaired) electrons. The second-order valence-corrected chi connectivity index (χ2v) is 10.3. The van der Waals surface area contributed by atoms with Crippen LogP contribution in [0.2, 0.25) is 0 Å². The number of hydrogen-bond acceptors (Lipinski definition) is 5. The predicted octanol–water partition coefficient (Wildman–Crippen LogP) is 2.66. The molecule has 2 heterocycles. The lowest BCUT2D eigenvalue weighted by Crippen LogP contribution is -2.58. The van der Waals surface area contributed by atoms with Crippen molar-refractivity contribution in [3.63, 3.8) is 0 Å². The van der Waals surface area contributed by atoms with Crippen molar-refractivity contribution in [1.82, 2.24) is 20.9 Å². The SMILES string of the molecule is COC(=O)N[C@H]1CCC[C@@H]1[C@](CNC(C)=O)(c1cccc(F)c1)C1CCN(CC2CNC2)CC1. The van der Waals surface area contributed by atoms with Gasteiger partial charge in [0.15, 0.2) is 0 Å². The molecule has 0 aromatic heterocycles. The fourth-order valence-electron chi connectivity index (χ4n) is 6.61. The summed E-state index contributed by atoms with van der Waals surface area (Å²) in [6, 6.07) is 6.81. The summed E-state index contributed by atoms with van der Waals surface area (Å²) in [6.07, 6.45) is 4.27. The van der Waals surface area contributed by atoms with Gasteiger partial charge in [0.05, 0.1) is 7.11 Å². The van der Waals surface area contributed by atoms with Crippen LogP contribution in [-0.2, 0) is 14.9 Å². The van der Waals surface area contributed by atoms with E-state index < -0.39 is 11.5 Å². The quantitative estimate of drug-likeness (QED) is 0.540. The van der Waals surface area contributed by atoms with Crippen molar-refractivity contribution in [2.45, 2.75) is 50.5 Å². The molecular formula is C26H39FN4O3. The summed E-state index contributed by atoms with van der Waals surface area (Å²) >= 11 is 0. The van der Waals surface area contributed by atoms with Gasteiger partial charge in [0.2, 0.25) is 5.91 Å². The number of alkyl carbamates (subject to hydrolysis) is 1. The van der Waals surface area contributed by atoms with Crippen molar-refractivity contribution in [1.29, 1.82) is 0 Å². The van der Waals surface area contributed by atoms with E-state index >= 15 is 0 Å². The minimum atomic E-state index is -0.472. The van der Waals surface area contributed by atoms with E-state index in [2.05, 4.69) is 20.9 Å². The highest BCUT2D eigenvalue weighted by Gasteiger charge is 2.52. The monoisotopic (exact) mass is 474 g/mol. The summed E-state index contributed by atoms with van der Waals surface area (Å²) in [7, 11) is 1.38. The molecule has 3 fully saturated rings. The van der Waals surface area contributed by atoms with Crippen molar-refractivity contribution in [3.8, 4) is 0 Å². The van der Waals surface area contributed by atoms with E-state index in [4.69, 9.17) is 4.74 Å². The summed E-state index contributed by atoms with van der Waals surface area (Å²) in [5, 5.41) is 9.51. The zero-order chi connectivity index (χ0) is 24.1. The number of halogens is 1. The first-order valence-corrected chi connectivity index (χ1v) is 12.7. The first-order valence-electron chi connectivity index (χ1n) is 12.7. The van der Waals surface area contributed by atoms with Crippen LogP contribution in [0, 0.1) is 23.6 Å². The normalized spacial score (nSPS) is 25.9. The van der Waals surface area contributed by atoms with Gasteiger partial charge in [-0.3, -0.25) is 4.79 Å². The molecule has 1 aliphatic carbocycles. The minimum Gasteiger partial charge on any atom is -0.453 e. The fourth-order valence-corrected chi connectivity index (χ4v) is 6.61. The lowest BCUT2D eigenvalue weighted by molar-refractivity contribution is -0.119.